The van der Waals surface area contributed by atoms with Crippen molar-refractivity contribution < 1.29 is 13.9 Å². The van der Waals surface area contributed by atoms with Crippen molar-refractivity contribution in [1.29, 1.82) is 0 Å². The highest BCUT2D eigenvalue weighted by Gasteiger charge is 2.07. The van der Waals surface area contributed by atoms with E-state index in [0.29, 0.717) is 34.5 Å². The molecule has 0 radical (unpaired) electrons. The largest absolute Gasteiger partial charge is 0.489 e. The van der Waals surface area contributed by atoms with Crippen molar-refractivity contribution in [3.63, 3.8) is 0 Å². The van der Waals surface area contributed by atoms with Crippen molar-refractivity contribution in [3.8, 4) is 5.75 Å². The summed E-state index contributed by atoms with van der Waals surface area (Å²) >= 11 is 11.9. The minimum absolute atomic E-state index is 0.237. The third-order valence-corrected chi connectivity index (χ3v) is 4.59. The van der Waals surface area contributed by atoms with E-state index >= 15 is 0 Å². The Morgan fingerprint density at radius 2 is 1.67 bits per heavy atom. The molecule has 3 nitrogen and oxygen atoms in total. The van der Waals surface area contributed by atoms with Crippen LogP contribution in [0.3, 0.4) is 0 Å². The summed E-state index contributed by atoms with van der Waals surface area (Å²) in [5.41, 5.74) is 2.16. The molecule has 3 aromatic carbocycles. The number of hydrogen-bond acceptors (Lipinski definition) is 2. The van der Waals surface area contributed by atoms with Crippen molar-refractivity contribution in [1.82, 2.24) is 5.32 Å². The van der Waals surface area contributed by atoms with Gasteiger partial charge in [0, 0.05) is 12.1 Å². The number of carbonyl (C=O) groups excluding carboxylic acids is 1. The molecule has 0 aliphatic carbocycles. The van der Waals surface area contributed by atoms with Gasteiger partial charge in [-0.2, -0.15) is 0 Å². The van der Waals surface area contributed by atoms with E-state index in [1.54, 1.807) is 48.5 Å². The van der Waals surface area contributed by atoms with Crippen molar-refractivity contribution in [2.24, 2.45) is 0 Å². The average molecular weight is 404 g/mol. The number of nitrogens with one attached hydrogen (secondary N) is 1. The second kappa shape index (κ2) is 8.89. The molecule has 0 fully saturated rings. The third kappa shape index (κ3) is 5.46. The van der Waals surface area contributed by atoms with Crippen LogP contribution >= 0.6 is 23.2 Å². The van der Waals surface area contributed by atoms with Gasteiger partial charge in [0.15, 0.2) is 0 Å². The third-order valence-electron chi connectivity index (χ3n) is 3.85. The van der Waals surface area contributed by atoms with Gasteiger partial charge in [0.1, 0.15) is 18.2 Å². The number of carbonyl (C=O) groups is 1. The predicted octanol–water partition coefficient (Wildman–Crippen LogP) is 5.64. The topological polar surface area (TPSA) is 38.3 Å². The van der Waals surface area contributed by atoms with Crippen molar-refractivity contribution >= 4 is 29.1 Å². The molecule has 0 atom stereocenters. The SMILES string of the molecule is O=C(NCc1ccc(F)cc1)c1cccc(OCc2ccc(Cl)c(Cl)c2)c1. The molecule has 3 rings (SSSR count). The van der Waals surface area contributed by atoms with Crippen LogP contribution in [0.4, 0.5) is 4.39 Å². The van der Waals surface area contributed by atoms with Gasteiger partial charge >= 0.3 is 0 Å². The Morgan fingerprint density at radius 1 is 0.926 bits per heavy atom. The number of ether oxygens (including phenoxy) is 1. The summed E-state index contributed by atoms with van der Waals surface area (Å²) in [7, 11) is 0. The Hall–Kier alpha value is -2.56. The molecule has 6 heteroatoms. The number of hydrogen-bond donors (Lipinski definition) is 1. The number of amides is 1. The minimum atomic E-state index is -0.308. The Balaban J connectivity index is 1.59. The molecule has 0 saturated heterocycles. The van der Waals surface area contributed by atoms with Crippen LogP contribution < -0.4 is 10.1 Å². The van der Waals surface area contributed by atoms with E-state index < -0.39 is 0 Å². The first-order valence-electron chi connectivity index (χ1n) is 8.21. The molecule has 0 heterocycles. The van der Waals surface area contributed by atoms with Crippen LogP contribution in [0.1, 0.15) is 21.5 Å². The van der Waals surface area contributed by atoms with E-state index in [2.05, 4.69) is 5.32 Å². The zero-order valence-corrected chi connectivity index (χ0v) is 15.7. The number of rotatable bonds is 6. The van der Waals surface area contributed by atoms with Gasteiger partial charge in [-0.1, -0.05) is 47.5 Å². The van der Waals surface area contributed by atoms with Crippen LogP contribution in [0.25, 0.3) is 0 Å². The summed E-state index contributed by atoms with van der Waals surface area (Å²) in [5, 5.41) is 3.75. The second-order valence-corrected chi connectivity index (χ2v) is 6.69. The fourth-order valence-corrected chi connectivity index (χ4v) is 2.73. The zero-order valence-electron chi connectivity index (χ0n) is 14.2. The summed E-state index contributed by atoms with van der Waals surface area (Å²) in [5.74, 6) is 0.0201. The molecule has 27 heavy (non-hydrogen) atoms. The number of benzene rings is 3. The lowest BCUT2D eigenvalue weighted by molar-refractivity contribution is 0.0950. The first-order chi connectivity index (χ1) is 13.0. The maximum Gasteiger partial charge on any atom is 0.251 e. The molecule has 0 spiro atoms. The van der Waals surface area contributed by atoms with Crippen molar-refractivity contribution in [2.45, 2.75) is 13.2 Å². The number of halogens is 3. The first kappa shape index (κ1) is 19.2. The second-order valence-electron chi connectivity index (χ2n) is 5.87. The minimum Gasteiger partial charge on any atom is -0.489 e. The molecule has 0 saturated carbocycles. The Morgan fingerprint density at radius 3 is 2.41 bits per heavy atom. The van der Waals surface area contributed by atoms with Gasteiger partial charge in [0.25, 0.3) is 5.91 Å². The van der Waals surface area contributed by atoms with Crippen LogP contribution in [-0.2, 0) is 13.2 Å². The molecule has 0 unspecified atom stereocenters. The standard InChI is InChI=1S/C21H16Cl2FNO2/c22-19-9-6-15(10-20(19)23)13-27-18-3-1-2-16(11-18)21(26)25-12-14-4-7-17(24)8-5-14/h1-11H,12-13H2,(H,25,26). The summed E-state index contributed by atoms with van der Waals surface area (Å²) < 4.78 is 18.6. The molecular weight excluding hydrogens is 388 g/mol. The van der Waals surface area contributed by atoms with Crippen LogP contribution in [0.15, 0.2) is 66.7 Å². The average Bonchev–Trinajstić information content (AvgIpc) is 2.68. The Bertz CT molecular complexity index is 945. The fourth-order valence-electron chi connectivity index (χ4n) is 2.41. The molecule has 0 aromatic heterocycles. The van der Waals surface area contributed by atoms with Crippen LogP contribution in [0.5, 0.6) is 5.75 Å². The van der Waals surface area contributed by atoms with E-state index in [1.165, 1.54) is 12.1 Å². The van der Waals surface area contributed by atoms with E-state index in [9.17, 15) is 9.18 Å². The van der Waals surface area contributed by atoms with Gasteiger partial charge in [-0.15, -0.1) is 0 Å². The summed E-state index contributed by atoms with van der Waals surface area (Å²) in [6, 6.07) is 18.1. The van der Waals surface area contributed by atoms with Crippen LogP contribution in [0.2, 0.25) is 10.0 Å². The summed E-state index contributed by atoms with van der Waals surface area (Å²) in [6.07, 6.45) is 0. The fraction of sp³-hybridized carbons (Fsp3) is 0.0952. The lowest BCUT2D eigenvalue weighted by atomic mass is 10.2. The molecule has 3 aromatic rings. The predicted molar refractivity (Wildman–Crippen MR) is 105 cm³/mol. The summed E-state index contributed by atoms with van der Waals surface area (Å²) in [6.45, 7) is 0.616. The lowest BCUT2D eigenvalue weighted by Gasteiger charge is -2.09. The highest BCUT2D eigenvalue weighted by Crippen LogP contribution is 2.23. The van der Waals surface area contributed by atoms with Gasteiger partial charge in [0.05, 0.1) is 10.0 Å². The van der Waals surface area contributed by atoms with Crippen LogP contribution in [0, 0.1) is 5.82 Å². The molecule has 0 aliphatic heterocycles. The van der Waals surface area contributed by atoms with E-state index in [4.69, 9.17) is 27.9 Å². The van der Waals surface area contributed by atoms with E-state index in [1.807, 2.05) is 6.07 Å². The molecule has 0 aliphatic rings. The molecule has 138 valence electrons. The summed E-state index contributed by atoms with van der Waals surface area (Å²) in [4.78, 5) is 12.3. The molecule has 1 amide bonds. The van der Waals surface area contributed by atoms with Crippen molar-refractivity contribution in [2.75, 3.05) is 0 Å². The van der Waals surface area contributed by atoms with Gasteiger partial charge in [-0.05, 0) is 53.6 Å². The quantitative estimate of drug-likeness (QED) is 0.577. The highest BCUT2D eigenvalue weighted by molar-refractivity contribution is 6.42. The highest BCUT2D eigenvalue weighted by atomic mass is 35.5. The Kier molecular flexibility index (Phi) is 6.32. The van der Waals surface area contributed by atoms with Crippen LogP contribution in [-0.4, -0.2) is 5.91 Å². The van der Waals surface area contributed by atoms with Gasteiger partial charge in [0.2, 0.25) is 0 Å². The van der Waals surface area contributed by atoms with Gasteiger partial charge < -0.3 is 10.1 Å². The van der Waals surface area contributed by atoms with Gasteiger partial charge in [-0.3, -0.25) is 4.79 Å². The smallest absolute Gasteiger partial charge is 0.251 e. The zero-order chi connectivity index (χ0) is 19.2. The lowest BCUT2D eigenvalue weighted by Crippen LogP contribution is -2.22. The van der Waals surface area contributed by atoms with E-state index in [0.717, 1.165) is 11.1 Å². The van der Waals surface area contributed by atoms with E-state index in [-0.39, 0.29) is 11.7 Å². The normalized spacial score (nSPS) is 10.5. The maximum absolute atomic E-state index is 12.9. The monoisotopic (exact) mass is 403 g/mol. The van der Waals surface area contributed by atoms with Crippen molar-refractivity contribution in [3.05, 3.63) is 99.3 Å². The molecule has 1 N–H and O–H groups in total. The molecular formula is C21H16Cl2FNO2. The molecule has 0 bridgehead atoms. The Labute approximate surface area is 166 Å². The maximum atomic E-state index is 12.9. The first-order valence-corrected chi connectivity index (χ1v) is 8.96. The van der Waals surface area contributed by atoms with Gasteiger partial charge in [-0.25, -0.2) is 4.39 Å².